The van der Waals surface area contributed by atoms with E-state index in [1.807, 2.05) is 49.4 Å². The fourth-order valence-electron chi connectivity index (χ4n) is 2.75. The summed E-state index contributed by atoms with van der Waals surface area (Å²) < 4.78 is 10.6. The molecule has 3 aromatic rings. The monoisotopic (exact) mass is 308 g/mol. The maximum atomic E-state index is 12.3. The first-order chi connectivity index (χ1) is 11.2. The lowest BCUT2D eigenvalue weighted by atomic mass is 10.1. The van der Waals surface area contributed by atoms with Gasteiger partial charge in [0.05, 0.1) is 0 Å². The molecule has 0 bridgehead atoms. The van der Waals surface area contributed by atoms with Crippen molar-refractivity contribution in [1.82, 2.24) is 10.3 Å². The van der Waals surface area contributed by atoms with Crippen LogP contribution >= 0.6 is 0 Å². The second kappa shape index (κ2) is 5.35. The molecule has 1 aromatic heterocycles. The Kier molecular flexibility index (Phi) is 3.19. The van der Waals surface area contributed by atoms with Crippen molar-refractivity contribution < 1.29 is 14.3 Å². The number of aromatic amines is 1. The van der Waals surface area contributed by atoms with Crippen molar-refractivity contribution in [2.45, 2.75) is 13.5 Å². The summed E-state index contributed by atoms with van der Waals surface area (Å²) in [4.78, 5) is 15.6. The van der Waals surface area contributed by atoms with Gasteiger partial charge >= 0.3 is 0 Å². The van der Waals surface area contributed by atoms with Crippen LogP contribution in [0.3, 0.4) is 0 Å². The minimum Gasteiger partial charge on any atom is -0.454 e. The average molecular weight is 308 g/mol. The largest absolute Gasteiger partial charge is 0.454 e. The number of rotatable bonds is 3. The molecule has 0 saturated carbocycles. The summed E-state index contributed by atoms with van der Waals surface area (Å²) in [5.74, 6) is 1.37. The van der Waals surface area contributed by atoms with Crippen LogP contribution in [-0.2, 0) is 6.54 Å². The molecule has 0 fully saturated rings. The van der Waals surface area contributed by atoms with Crippen LogP contribution in [0.4, 0.5) is 0 Å². The normalized spacial score (nSPS) is 12.6. The topological polar surface area (TPSA) is 63.4 Å². The molecule has 116 valence electrons. The number of fused-ring (bicyclic) bond motifs is 2. The van der Waals surface area contributed by atoms with Crippen LogP contribution in [0.5, 0.6) is 11.5 Å². The van der Waals surface area contributed by atoms with Gasteiger partial charge in [-0.25, -0.2) is 0 Å². The summed E-state index contributed by atoms with van der Waals surface area (Å²) in [5, 5.41) is 3.97. The van der Waals surface area contributed by atoms with Gasteiger partial charge in [-0.1, -0.05) is 6.07 Å². The van der Waals surface area contributed by atoms with Gasteiger partial charge in [0.15, 0.2) is 11.5 Å². The van der Waals surface area contributed by atoms with Crippen LogP contribution in [0.1, 0.15) is 21.6 Å². The van der Waals surface area contributed by atoms with Crippen LogP contribution in [0.2, 0.25) is 0 Å². The molecule has 0 atom stereocenters. The van der Waals surface area contributed by atoms with Crippen molar-refractivity contribution in [1.29, 1.82) is 0 Å². The Balaban J connectivity index is 1.48. The van der Waals surface area contributed by atoms with Gasteiger partial charge in [-0.2, -0.15) is 0 Å². The number of hydrogen-bond donors (Lipinski definition) is 2. The lowest BCUT2D eigenvalue weighted by Crippen LogP contribution is -2.22. The second-order valence-corrected chi connectivity index (χ2v) is 5.62. The molecule has 0 unspecified atom stereocenters. The Morgan fingerprint density at radius 2 is 2.00 bits per heavy atom. The number of carbonyl (C=O) groups is 1. The van der Waals surface area contributed by atoms with E-state index in [-0.39, 0.29) is 12.7 Å². The first kappa shape index (κ1) is 13.7. The highest BCUT2D eigenvalue weighted by Gasteiger charge is 2.14. The highest BCUT2D eigenvalue weighted by molar-refractivity contribution is 5.98. The predicted molar refractivity (Wildman–Crippen MR) is 86.8 cm³/mol. The van der Waals surface area contributed by atoms with Gasteiger partial charge in [0.1, 0.15) is 0 Å². The van der Waals surface area contributed by atoms with Crippen molar-refractivity contribution in [3.8, 4) is 11.5 Å². The van der Waals surface area contributed by atoms with Gasteiger partial charge in [0, 0.05) is 28.7 Å². The third-order valence-corrected chi connectivity index (χ3v) is 3.91. The van der Waals surface area contributed by atoms with Crippen LogP contribution in [0.25, 0.3) is 10.9 Å². The molecule has 0 radical (unpaired) electrons. The third kappa shape index (κ3) is 2.61. The van der Waals surface area contributed by atoms with Crippen LogP contribution in [-0.4, -0.2) is 17.7 Å². The zero-order chi connectivity index (χ0) is 15.8. The number of benzene rings is 2. The van der Waals surface area contributed by atoms with E-state index in [1.54, 1.807) is 0 Å². The first-order valence-corrected chi connectivity index (χ1v) is 7.45. The van der Waals surface area contributed by atoms with Crippen molar-refractivity contribution in [3.05, 3.63) is 59.3 Å². The Morgan fingerprint density at radius 3 is 2.91 bits per heavy atom. The van der Waals surface area contributed by atoms with Crippen LogP contribution < -0.4 is 14.8 Å². The van der Waals surface area contributed by atoms with E-state index in [9.17, 15) is 4.79 Å². The molecule has 2 N–H and O–H groups in total. The smallest absolute Gasteiger partial charge is 0.251 e. The summed E-state index contributed by atoms with van der Waals surface area (Å²) in [6.07, 6.45) is 0. The van der Waals surface area contributed by atoms with E-state index in [0.29, 0.717) is 12.1 Å². The maximum absolute atomic E-state index is 12.3. The Bertz CT molecular complexity index is 898. The molecule has 2 heterocycles. The number of hydrogen-bond acceptors (Lipinski definition) is 3. The number of H-pyrrole nitrogens is 1. The Labute approximate surface area is 133 Å². The standard InChI is InChI=1S/C18H16N2O3/c1-11-6-14-8-13(3-4-15(14)20-11)18(21)19-9-12-2-5-16-17(7-12)23-10-22-16/h2-8,20H,9-10H2,1H3,(H,19,21). The zero-order valence-electron chi connectivity index (χ0n) is 12.7. The van der Waals surface area contributed by atoms with Crippen LogP contribution in [0.15, 0.2) is 42.5 Å². The van der Waals surface area contributed by atoms with E-state index < -0.39 is 0 Å². The number of carbonyl (C=O) groups excluding carboxylic acids is 1. The molecular weight excluding hydrogens is 292 g/mol. The zero-order valence-corrected chi connectivity index (χ0v) is 12.7. The Morgan fingerprint density at radius 1 is 1.13 bits per heavy atom. The fraction of sp³-hybridized carbons (Fsp3) is 0.167. The first-order valence-electron chi connectivity index (χ1n) is 7.45. The van der Waals surface area contributed by atoms with E-state index in [0.717, 1.165) is 33.7 Å². The molecule has 1 amide bonds. The van der Waals surface area contributed by atoms with Crippen LogP contribution in [0, 0.1) is 6.92 Å². The maximum Gasteiger partial charge on any atom is 0.251 e. The van der Waals surface area contributed by atoms with Gasteiger partial charge in [-0.15, -0.1) is 0 Å². The highest BCUT2D eigenvalue weighted by Crippen LogP contribution is 2.32. The average Bonchev–Trinajstić information content (AvgIpc) is 3.16. The van der Waals surface area contributed by atoms with Crippen molar-refractivity contribution in [2.75, 3.05) is 6.79 Å². The second-order valence-electron chi connectivity index (χ2n) is 5.62. The fourth-order valence-corrected chi connectivity index (χ4v) is 2.75. The van der Waals surface area contributed by atoms with Gasteiger partial charge in [-0.3, -0.25) is 4.79 Å². The number of aryl methyl sites for hydroxylation is 1. The third-order valence-electron chi connectivity index (χ3n) is 3.91. The molecule has 23 heavy (non-hydrogen) atoms. The number of aromatic nitrogens is 1. The minimum atomic E-state index is -0.0941. The molecule has 1 aliphatic heterocycles. The van der Waals surface area contributed by atoms with Gasteiger partial charge in [0.25, 0.3) is 5.91 Å². The van der Waals surface area contributed by atoms with Crippen molar-refractivity contribution in [3.63, 3.8) is 0 Å². The van der Waals surface area contributed by atoms with E-state index in [2.05, 4.69) is 10.3 Å². The predicted octanol–water partition coefficient (Wildman–Crippen LogP) is 3.14. The van der Waals surface area contributed by atoms with Gasteiger partial charge in [-0.05, 0) is 48.9 Å². The molecule has 0 saturated heterocycles. The molecule has 4 rings (SSSR count). The molecule has 5 heteroatoms. The lowest BCUT2D eigenvalue weighted by molar-refractivity contribution is 0.0951. The Hall–Kier alpha value is -2.95. The van der Waals surface area contributed by atoms with Gasteiger partial charge in [0.2, 0.25) is 6.79 Å². The molecule has 2 aromatic carbocycles. The van der Waals surface area contributed by atoms with E-state index in [1.165, 1.54) is 0 Å². The van der Waals surface area contributed by atoms with Crippen molar-refractivity contribution >= 4 is 16.8 Å². The number of amides is 1. The summed E-state index contributed by atoms with van der Waals surface area (Å²) in [6, 6.07) is 13.4. The molecule has 1 aliphatic rings. The number of ether oxygens (including phenoxy) is 2. The molecule has 5 nitrogen and oxygen atoms in total. The van der Waals surface area contributed by atoms with E-state index in [4.69, 9.17) is 9.47 Å². The highest BCUT2D eigenvalue weighted by atomic mass is 16.7. The molecule has 0 spiro atoms. The lowest BCUT2D eigenvalue weighted by Gasteiger charge is -2.06. The summed E-state index contributed by atoms with van der Waals surface area (Å²) in [6.45, 7) is 2.69. The summed E-state index contributed by atoms with van der Waals surface area (Å²) >= 11 is 0. The summed E-state index contributed by atoms with van der Waals surface area (Å²) in [5.41, 5.74) is 3.74. The number of nitrogens with one attached hydrogen (secondary N) is 2. The van der Waals surface area contributed by atoms with Crippen molar-refractivity contribution in [2.24, 2.45) is 0 Å². The minimum absolute atomic E-state index is 0.0941. The molecular formula is C18H16N2O3. The summed E-state index contributed by atoms with van der Waals surface area (Å²) in [7, 11) is 0. The quantitative estimate of drug-likeness (QED) is 0.781. The molecule has 0 aliphatic carbocycles. The van der Waals surface area contributed by atoms with E-state index >= 15 is 0 Å². The SMILES string of the molecule is Cc1cc2cc(C(=O)NCc3ccc4c(c3)OCO4)ccc2[nH]1. The van der Waals surface area contributed by atoms with Gasteiger partial charge < -0.3 is 19.8 Å².